The van der Waals surface area contributed by atoms with Crippen molar-refractivity contribution in [3.8, 4) is 6.07 Å². The average Bonchev–Trinajstić information content (AvgIpc) is 2.05. The number of nitrogens with zero attached hydrogens (tertiary/aromatic N) is 1. The van der Waals surface area contributed by atoms with E-state index in [1.54, 1.807) is 22.6 Å². The van der Waals surface area contributed by atoms with Crippen molar-refractivity contribution >= 4 is 34.3 Å². The molecule has 0 radical (unpaired) electrons. The summed E-state index contributed by atoms with van der Waals surface area (Å²) in [5.41, 5.74) is 0.0125. The third kappa shape index (κ3) is 4.62. The van der Waals surface area contributed by atoms with Crippen LogP contribution in [0.1, 0.15) is 13.3 Å². The van der Waals surface area contributed by atoms with Crippen LogP contribution < -0.4 is 0 Å². The number of rotatable bonds is 4. The highest BCUT2D eigenvalue weighted by atomic mass is 127. The summed E-state index contributed by atoms with van der Waals surface area (Å²) in [7, 11) is 0. The van der Waals surface area contributed by atoms with Crippen LogP contribution in [0.2, 0.25) is 0 Å². The Morgan fingerprint density at radius 2 is 2.23 bits per heavy atom. The van der Waals surface area contributed by atoms with Crippen LogP contribution in [-0.4, -0.2) is 18.4 Å². The number of ketones is 1. The molecule has 0 aliphatic carbocycles. The molecule has 0 aliphatic heterocycles. The molecule has 4 nitrogen and oxygen atoms in total. The Balaban J connectivity index is 4.11. The number of ether oxygens (including phenoxy) is 1. The second-order valence-electron chi connectivity index (χ2n) is 2.12. The van der Waals surface area contributed by atoms with E-state index in [9.17, 15) is 9.59 Å². The zero-order chi connectivity index (χ0) is 10.3. The van der Waals surface area contributed by atoms with E-state index in [0.29, 0.717) is 0 Å². The van der Waals surface area contributed by atoms with Gasteiger partial charge in [-0.05, 0) is 11.0 Å². The smallest absolute Gasteiger partial charge is 0.342 e. The molecule has 0 aromatic carbocycles. The van der Waals surface area contributed by atoms with Crippen LogP contribution in [0.15, 0.2) is 9.66 Å². The molecule has 0 atom stereocenters. The van der Waals surface area contributed by atoms with Crippen molar-refractivity contribution in [2.24, 2.45) is 0 Å². The van der Waals surface area contributed by atoms with Crippen LogP contribution in [0, 0.1) is 11.3 Å². The van der Waals surface area contributed by atoms with Crippen molar-refractivity contribution in [1.29, 1.82) is 5.26 Å². The number of carbonyl (C=O) groups excluding carboxylic acids is 2. The number of esters is 1. The number of carbonyl (C=O) groups is 2. The zero-order valence-electron chi connectivity index (χ0n) is 7.04. The largest absolute Gasteiger partial charge is 0.461 e. The van der Waals surface area contributed by atoms with Crippen molar-refractivity contribution in [1.82, 2.24) is 0 Å². The minimum Gasteiger partial charge on any atom is -0.461 e. The third-order valence-corrected chi connectivity index (χ3v) is 1.78. The molecule has 0 amide bonds. The molecule has 0 bridgehead atoms. The summed E-state index contributed by atoms with van der Waals surface area (Å²) in [5, 5.41) is 8.16. The Hall–Kier alpha value is -0.900. The van der Waals surface area contributed by atoms with Gasteiger partial charge in [0.1, 0.15) is 12.2 Å². The van der Waals surface area contributed by atoms with Gasteiger partial charge in [-0.2, -0.15) is 5.26 Å². The maximum atomic E-state index is 11.1. The van der Waals surface area contributed by atoms with Crippen molar-refractivity contribution in [3.05, 3.63) is 9.66 Å². The van der Waals surface area contributed by atoms with E-state index in [0.717, 1.165) is 0 Å². The monoisotopic (exact) mass is 293 g/mol. The SMILES string of the molecule is CC(=O)/C(=C/I)C(=O)OCCC#N. The van der Waals surface area contributed by atoms with E-state index in [1.807, 2.05) is 6.07 Å². The summed E-state index contributed by atoms with van der Waals surface area (Å²) < 4.78 is 6.01. The van der Waals surface area contributed by atoms with Crippen LogP contribution in [0.5, 0.6) is 0 Å². The molecule has 0 saturated heterocycles. The first-order chi connectivity index (χ1) is 6.13. The summed E-state index contributed by atoms with van der Waals surface area (Å²) in [6.45, 7) is 1.31. The molecule has 13 heavy (non-hydrogen) atoms. The molecule has 0 aromatic rings. The average molecular weight is 293 g/mol. The highest BCUT2D eigenvalue weighted by Gasteiger charge is 2.14. The van der Waals surface area contributed by atoms with Gasteiger partial charge in [-0.3, -0.25) is 4.79 Å². The Morgan fingerprint density at radius 3 is 2.62 bits per heavy atom. The molecule has 0 heterocycles. The van der Waals surface area contributed by atoms with Crippen molar-refractivity contribution in [2.75, 3.05) is 6.61 Å². The topological polar surface area (TPSA) is 67.2 Å². The lowest BCUT2D eigenvalue weighted by atomic mass is 10.2. The van der Waals surface area contributed by atoms with Gasteiger partial charge in [0.05, 0.1) is 12.5 Å². The van der Waals surface area contributed by atoms with Crippen LogP contribution in [-0.2, 0) is 14.3 Å². The molecule has 70 valence electrons. The summed E-state index contributed by atoms with van der Waals surface area (Å²) in [5.74, 6) is -1.01. The summed E-state index contributed by atoms with van der Waals surface area (Å²) in [6.07, 6.45) is 0.137. The molecule has 0 saturated carbocycles. The molecule has 5 heteroatoms. The zero-order valence-corrected chi connectivity index (χ0v) is 9.20. The Morgan fingerprint density at radius 1 is 1.62 bits per heavy atom. The minimum atomic E-state index is -0.669. The molecule has 0 fully saturated rings. The highest BCUT2D eigenvalue weighted by Crippen LogP contribution is 2.04. The fourth-order valence-corrected chi connectivity index (χ4v) is 1.23. The highest BCUT2D eigenvalue weighted by molar-refractivity contribution is 14.1. The molecular weight excluding hydrogens is 285 g/mol. The third-order valence-electron chi connectivity index (χ3n) is 1.16. The number of Topliss-reactive ketones (excluding diaryl/α,β-unsaturated/α-hetero) is 1. The number of hydrogen-bond donors (Lipinski definition) is 0. The molecule has 0 unspecified atom stereocenters. The van der Waals surface area contributed by atoms with E-state index in [4.69, 9.17) is 5.26 Å². The molecular formula is C8H8INO3. The van der Waals surface area contributed by atoms with Crippen LogP contribution >= 0.6 is 22.6 Å². The van der Waals surface area contributed by atoms with E-state index in [-0.39, 0.29) is 24.4 Å². The first-order valence-electron chi connectivity index (χ1n) is 3.49. The van der Waals surface area contributed by atoms with Gasteiger partial charge >= 0.3 is 5.97 Å². The molecule has 0 aromatic heterocycles. The normalized spacial score (nSPS) is 10.4. The van der Waals surface area contributed by atoms with Gasteiger partial charge in [-0.25, -0.2) is 4.79 Å². The molecule has 0 aliphatic rings. The quantitative estimate of drug-likeness (QED) is 0.196. The van der Waals surface area contributed by atoms with Crippen LogP contribution in [0.25, 0.3) is 0 Å². The molecule has 0 N–H and O–H groups in total. The summed E-state index contributed by atoms with van der Waals surface area (Å²) >= 11 is 1.79. The summed E-state index contributed by atoms with van der Waals surface area (Å²) in [6, 6.07) is 1.83. The van der Waals surface area contributed by atoms with Gasteiger partial charge in [0.15, 0.2) is 5.78 Å². The van der Waals surface area contributed by atoms with Gasteiger partial charge < -0.3 is 4.74 Å². The van der Waals surface area contributed by atoms with E-state index >= 15 is 0 Å². The number of hydrogen-bond acceptors (Lipinski definition) is 4. The van der Waals surface area contributed by atoms with Gasteiger partial charge in [-0.1, -0.05) is 22.6 Å². The molecule has 0 spiro atoms. The second kappa shape index (κ2) is 6.60. The lowest BCUT2D eigenvalue weighted by Crippen LogP contribution is -2.13. The Labute approximate surface area is 89.7 Å². The fraction of sp³-hybridized carbons (Fsp3) is 0.375. The number of nitriles is 1. The van der Waals surface area contributed by atoms with E-state index in [1.165, 1.54) is 11.0 Å². The predicted octanol–water partition coefficient (Wildman–Crippen LogP) is 1.35. The van der Waals surface area contributed by atoms with Crippen molar-refractivity contribution in [2.45, 2.75) is 13.3 Å². The standard InChI is InChI=1S/C8H8INO3/c1-6(11)7(5-9)8(12)13-4-2-3-10/h5H,2,4H2,1H3/b7-5-. The van der Waals surface area contributed by atoms with Crippen LogP contribution in [0.4, 0.5) is 0 Å². The Bertz CT molecular complexity index is 278. The first-order valence-corrected chi connectivity index (χ1v) is 4.73. The van der Waals surface area contributed by atoms with Gasteiger partial charge in [0, 0.05) is 0 Å². The van der Waals surface area contributed by atoms with Crippen molar-refractivity contribution < 1.29 is 14.3 Å². The van der Waals surface area contributed by atoms with Gasteiger partial charge in [-0.15, -0.1) is 0 Å². The molecule has 0 rings (SSSR count). The maximum absolute atomic E-state index is 11.1. The summed E-state index contributed by atoms with van der Waals surface area (Å²) in [4.78, 5) is 21.9. The predicted molar refractivity (Wildman–Crippen MR) is 54.0 cm³/mol. The Kier molecular flexibility index (Phi) is 6.14. The van der Waals surface area contributed by atoms with Crippen LogP contribution in [0.3, 0.4) is 0 Å². The minimum absolute atomic E-state index is 0.0125. The van der Waals surface area contributed by atoms with Crippen molar-refractivity contribution in [3.63, 3.8) is 0 Å². The second-order valence-corrected chi connectivity index (χ2v) is 2.75. The van der Waals surface area contributed by atoms with Gasteiger partial charge in [0.2, 0.25) is 0 Å². The van der Waals surface area contributed by atoms with E-state index in [2.05, 4.69) is 4.74 Å². The number of halogens is 1. The fourth-order valence-electron chi connectivity index (χ4n) is 0.532. The lowest BCUT2D eigenvalue weighted by Gasteiger charge is -2.01. The lowest BCUT2D eigenvalue weighted by molar-refractivity contribution is -0.140. The maximum Gasteiger partial charge on any atom is 0.342 e. The van der Waals surface area contributed by atoms with E-state index < -0.39 is 5.97 Å². The van der Waals surface area contributed by atoms with Gasteiger partial charge in [0.25, 0.3) is 0 Å². The first kappa shape index (κ1) is 12.1.